The highest BCUT2D eigenvalue weighted by Crippen LogP contribution is 2.19. The molecule has 0 radical (unpaired) electrons. The van der Waals surface area contributed by atoms with E-state index >= 15 is 0 Å². The molecule has 0 bridgehead atoms. The van der Waals surface area contributed by atoms with Crippen LogP contribution in [0.5, 0.6) is 0 Å². The van der Waals surface area contributed by atoms with Crippen molar-refractivity contribution in [2.24, 2.45) is 0 Å². The van der Waals surface area contributed by atoms with Crippen LogP contribution < -0.4 is 5.32 Å². The molecule has 2 heterocycles. The molecule has 0 aromatic carbocycles. The molecule has 118 valence electrons. The predicted molar refractivity (Wildman–Crippen MR) is 90.9 cm³/mol. The van der Waals surface area contributed by atoms with E-state index in [9.17, 15) is 4.79 Å². The van der Waals surface area contributed by atoms with Gasteiger partial charge in [0, 0.05) is 28.2 Å². The summed E-state index contributed by atoms with van der Waals surface area (Å²) in [5.41, 5.74) is 1.05. The molecule has 2 amide bonds. The van der Waals surface area contributed by atoms with Crippen molar-refractivity contribution < 1.29 is 4.79 Å². The van der Waals surface area contributed by atoms with Gasteiger partial charge in [0.05, 0.1) is 12.6 Å². The molecule has 5 heteroatoms. The van der Waals surface area contributed by atoms with Crippen molar-refractivity contribution in [3.05, 3.63) is 52.0 Å². The quantitative estimate of drug-likeness (QED) is 0.901. The van der Waals surface area contributed by atoms with Gasteiger partial charge >= 0.3 is 6.03 Å². The van der Waals surface area contributed by atoms with Crippen molar-refractivity contribution in [2.45, 2.75) is 46.3 Å². The summed E-state index contributed by atoms with van der Waals surface area (Å²) in [6, 6.07) is 8.10. The number of urea groups is 1. The summed E-state index contributed by atoms with van der Waals surface area (Å²) in [4.78, 5) is 20.9. The first-order valence-corrected chi connectivity index (χ1v) is 8.31. The number of carbonyl (C=O) groups is 1. The van der Waals surface area contributed by atoms with Gasteiger partial charge in [0.1, 0.15) is 0 Å². The Labute approximate surface area is 136 Å². The molecule has 0 saturated heterocycles. The Balaban J connectivity index is 2.03. The summed E-state index contributed by atoms with van der Waals surface area (Å²) in [6.07, 6.45) is 3.49. The molecular weight excluding hydrogens is 294 g/mol. The summed E-state index contributed by atoms with van der Waals surface area (Å²) in [5, 5.41) is 3.07. The van der Waals surface area contributed by atoms with Crippen LogP contribution in [0.4, 0.5) is 4.79 Å². The first-order valence-electron chi connectivity index (χ1n) is 7.49. The third-order valence-electron chi connectivity index (χ3n) is 3.55. The van der Waals surface area contributed by atoms with Crippen LogP contribution in [0.25, 0.3) is 0 Å². The van der Waals surface area contributed by atoms with Crippen molar-refractivity contribution >= 4 is 17.4 Å². The maximum Gasteiger partial charge on any atom is 0.318 e. The zero-order valence-electron chi connectivity index (χ0n) is 13.5. The van der Waals surface area contributed by atoms with E-state index < -0.39 is 0 Å². The van der Waals surface area contributed by atoms with Crippen molar-refractivity contribution in [3.8, 4) is 0 Å². The molecule has 2 aromatic heterocycles. The third kappa shape index (κ3) is 4.31. The summed E-state index contributed by atoms with van der Waals surface area (Å²) in [7, 11) is 0. The molecule has 1 N–H and O–H groups in total. The Morgan fingerprint density at radius 3 is 2.45 bits per heavy atom. The molecule has 0 aliphatic rings. The van der Waals surface area contributed by atoms with Gasteiger partial charge in [-0.3, -0.25) is 4.98 Å². The van der Waals surface area contributed by atoms with Crippen LogP contribution >= 0.6 is 11.3 Å². The number of nitrogens with one attached hydrogen (secondary N) is 1. The SMILES string of the molecule is Cc1ccc(CN(C(=O)NC(C)c2ccncc2)C(C)C)s1. The maximum absolute atomic E-state index is 12.6. The van der Waals surface area contributed by atoms with Gasteiger partial charge in [0.15, 0.2) is 0 Å². The minimum Gasteiger partial charge on any atom is -0.331 e. The van der Waals surface area contributed by atoms with E-state index in [1.54, 1.807) is 23.7 Å². The van der Waals surface area contributed by atoms with E-state index in [0.717, 1.165) is 5.56 Å². The third-order valence-corrected chi connectivity index (χ3v) is 4.54. The number of amides is 2. The van der Waals surface area contributed by atoms with Gasteiger partial charge in [-0.2, -0.15) is 0 Å². The van der Waals surface area contributed by atoms with Gasteiger partial charge in [-0.1, -0.05) is 0 Å². The average Bonchev–Trinajstić information content (AvgIpc) is 2.90. The van der Waals surface area contributed by atoms with Crippen LogP contribution in [-0.4, -0.2) is 22.0 Å². The Morgan fingerprint density at radius 1 is 1.23 bits per heavy atom. The average molecular weight is 317 g/mol. The number of carbonyl (C=O) groups excluding carboxylic acids is 1. The smallest absolute Gasteiger partial charge is 0.318 e. The lowest BCUT2D eigenvalue weighted by Crippen LogP contribution is -2.44. The molecule has 1 unspecified atom stereocenters. The number of aryl methyl sites for hydroxylation is 1. The van der Waals surface area contributed by atoms with Crippen LogP contribution in [0.15, 0.2) is 36.7 Å². The molecule has 0 spiro atoms. The van der Waals surface area contributed by atoms with E-state index in [1.165, 1.54) is 9.75 Å². The summed E-state index contributed by atoms with van der Waals surface area (Å²) in [6.45, 7) is 8.79. The Kier molecular flexibility index (Phi) is 5.55. The van der Waals surface area contributed by atoms with Gasteiger partial charge in [0.2, 0.25) is 0 Å². The topological polar surface area (TPSA) is 45.2 Å². The standard InChI is InChI=1S/C17H23N3OS/c1-12(2)20(11-16-6-5-13(3)22-16)17(21)19-14(4)15-7-9-18-10-8-15/h5-10,12,14H,11H2,1-4H3,(H,19,21). The first-order chi connectivity index (χ1) is 10.5. The van der Waals surface area contributed by atoms with Crippen molar-refractivity contribution in [1.82, 2.24) is 15.2 Å². The summed E-state index contributed by atoms with van der Waals surface area (Å²) >= 11 is 1.74. The number of hydrogen-bond donors (Lipinski definition) is 1. The van der Waals surface area contributed by atoms with Gasteiger partial charge in [-0.05, 0) is 57.5 Å². The minimum atomic E-state index is -0.0400. The molecule has 0 saturated carbocycles. The predicted octanol–water partition coefficient (Wildman–Crippen LogP) is 4.13. The van der Waals surface area contributed by atoms with Crippen LogP contribution in [0.2, 0.25) is 0 Å². The molecule has 1 atom stereocenters. The molecule has 2 rings (SSSR count). The normalized spacial score (nSPS) is 12.2. The van der Waals surface area contributed by atoms with Crippen molar-refractivity contribution in [3.63, 3.8) is 0 Å². The zero-order valence-corrected chi connectivity index (χ0v) is 14.4. The van der Waals surface area contributed by atoms with Crippen LogP contribution in [-0.2, 0) is 6.54 Å². The molecular formula is C17H23N3OS. The Morgan fingerprint density at radius 2 is 1.91 bits per heavy atom. The molecule has 22 heavy (non-hydrogen) atoms. The Bertz CT molecular complexity index is 609. The van der Waals surface area contributed by atoms with Crippen LogP contribution in [0.3, 0.4) is 0 Å². The van der Waals surface area contributed by atoms with Crippen molar-refractivity contribution in [2.75, 3.05) is 0 Å². The number of pyridine rings is 1. The molecule has 0 aliphatic heterocycles. The van der Waals surface area contributed by atoms with E-state index in [4.69, 9.17) is 0 Å². The number of hydrogen-bond acceptors (Lipinski definition) is 3. The summed E-state index contributed by atoms with van der Waals surface area (Å²) < 4.78 is 0. The second kappa shape index (κ2) is 7.40. The van der Waals surface area contributed by atoms with Gasteiger partial charge in [-0.25, -0.2) is 4.79 Å². The monoisotopic (exact) mass is 317 g/mol. The fraction of sp³-hybridized carbons (Fsp3) is 0.412. The molecule has 0 fully saturated rings. The van der Waals surface area contributed by atoms with E-state index in [-0.39, 0.29) is 18.1 Å². The number of rotatable bonds is 5. The van der Waals surface area contributed by atoms with E-state index in [0.29, 0.717) is 6.54 Å². The number of thiophene rings is 1. The first kappa shape index (κ1) is 16.5. The molecule has 0 aliphatic carbocycles. The van der Waals surface area contributed by atoms with Crippen molar-refractivity contribution in [1.29, 1.82) is 0 Å². The van der Waals surface area contributed by atoms with Gasteiger partial charge in [0.25, 0.3) is 0 Å². The second-order valence-electron chi connectivity index (χ2n) is 5.69. The van der Waals surface area contributed by atoms with Crippen LogP contribution in [0, 0.1) is 6.92 Å². The molecule has 2 aromatic rings. The highest BCUT2D eigenvalue weighted by Gasteiger charge is 2.20. The number of nitrogens with zero attached hydrogens (tertiary/aromatic N) is 2. The highest BCUT2D eigenvalue weighted by molar-refractivity contribution is 7.11. The lowest BCUT2D eigenvalue weighted by atomic mass is 10.1. The fourth-order valence-corrected chi connectivity index (χ4v) is 3.12. The zero-order chi connectivity index (χ0) is 16.1. The molecule has 4 nitrogen and oxygen atoms in total. The largest absolute Gasteiger partial charge is 0.331 e. The minimum absolute atomic E-state index is 0.0367. The lowest BCUT2D eigenvalue weighted by Gasteiger charge is -2.28. The maximum atomic E-state index is 12.6. The van der Waals surface area contributed by atoms with E-state index in [1.807, 2.05) is 37.8 Å². The Hall–Kier alpha value is -1.88. The van der Waals surface area contributed by atoms with E-state index in [2.05, 4.69) is 29.4 Å². The second-order valence-corrected chi connectivity index (χ2v) is 7.06. The fourth-order valence-electron chi connectivity index (χ4n) is 2.23. The summed E-state index contributed by atoms with van der Waals surface area (Å²) in [5.74, 6) is 0. The van der Waals surface area contributed by atoms with Crippen LogP contribution in [0.1, 0.15) is 42.1 Å². The van der Waals surface area contributed by atoms with Gasteiger partial charge < -0.3 is 10.2 Å². The highest BCUT2D eigenvalue weighted by atomic mass is 32.1. The van der Waals surface area contributed by atoms with Gasteiger partial charge in [-0.15, -0.1) is 11.3 Å². The number of aromatic nitrogens is 1. The lowest BCUT2D eigenvalue weighted by molar-refractivity contribution is 0.177.